The van der Waals surface area contributed by atoms with Crippen LogP contribution in [0.2, 0.25) is 0 Å². The van der Waals surface area contributed by atoms with Crippen molar-refractivity contribution in [1.29, 1.82) is 0 Å². The average Bonchev–Trinajstić information content (AvgIpc) is 3.12. The first-order valence-corrected chi connectivity index (χ1v) is 8.32. The van der Waals surface area contributed by atoms with Crippen molar-refractivity contribution in [1.82, 2.24) is 25.3 Å². The zero-order chi connectivity index (χ0) is 14.9. The molecule has 1 aliphatic heterocycles. The van der Waals surface area contributed by atoms with Gasteiger partial charge in [-0.2, -0.15) is 0 Å². The quantitative estimate of drug-likeness (QED) is 0.609. The van der Waals surface area contributed by atoms with E-state index in [-0.39, 0.29) is 11.6 Å². The highest BCUT2D eigenvalue weighted by atomic mass is 79.9. The molecule has 1 aromatic heterocycles. The standard InChI is InChI=1S/C13H23BrN6O/c1-19-10(12(14)17-18-19)11(16-15)13(4-2-3-5-13)20-6-8-21-9-7-20/h11,16H,2-9,15H2,1H3. The fourth-order valence-corrected chi connectivity index (χ4v) is 4.47. The van der Waals surface area contributed by atoms with E-state index in [1.807, 2.05) is 11.7 Å². The zero-order valence-corrected chi connectivity index (χ0v) is 14.0. The second-order valence-corrected chi connectivity index (χ2v) is 6.65. The Morgan fingerprint density at radius 3 is 2.52 bits per heavy atom. The molecule has 1 saturated heterocycles. The molecule has 2 aliphatic rings. The third kappa shape index (κ3) is 2.63. The first kappa shape index (κ1) is 15.4. The van der Waals surface area contributed by atoms with Crippen LogP contribution in [-0.4, -0.2) is 51.7 Å². The third-order valence-electron chi connectivity index (χ3n) is 4.91. The number of nitrogens with two attached hydrogens (primary N) is 1. The molecule has 7 nitrogen and oxygen atoms in total. The molecule has 2 heterocycles. The predicted octanol–water partition coefficient (Wildman–Crippen LogP) is 0.727. The highest BCUT2D eigenvalue weighted by Crippen LogP contribution is 2.45. The van der Waals surface area contributed by atoms with Crippen LogP contribution >= 0.6 is 15.9 Å². The van der Waals surface area contributed by atoms with E-state index < -0.39 is 0 Å². The minimum absolute atomic E-state index is 0.00692. The minimum Gasteiger partial charge on any atom is -0.379 e. The lowest BCUT2D eigenvalue weighted by molar-refractivity contribution is -0.0376. The molecule has 3 N–H and O–H groups in total. The third-order valence-corrected chi connectivity index (χ3v) is 5.48. The van der Waals surface area contributed by atoms with Gasteiger partial charge in [-0.05, 0) is 28.8 Å². The summed E-state index contributed by atoms with van der Waals surface area (Å²) in [6.45, 7) is 3.51. The summed E-state index contributed by atoms with van der Waals surface area (Å²) in [7, 11) is 1.92. The summed E-state index contributed by atoms with van der Waals surface area (Å²) in [5, 5.41) is 8.24. The summed E-state index contributed by atoms with van der Waals surface area (Å²) in [6, 6.07) is 0.00692. The Morgan fingerprint density at radius 2 is 2.00 bits per heavy atom. The van der Waals surface area contributed by atoms with E-state index in [1.54, 1.807) is 0 Å². The number of aryl methyl sites for hydroxylation is 1. The molecule has 0 bridgehead atoms. The molecule has 0 aromatic carbocycles. The second kappa shape index (κ2) is 6.29. The van der Waals surface area contributed by atoms with E-state index in [4.69, 9.17) is 10.6 Å². The topological polar surface area (TPSA) is 81.2 Å². The summed E-state index contributed by atoms with van der Waals surface area (Å²) < 4.78 is 8.11. The highest BCUT2D eigenvalue weighted by molar-refractivity contribution is 9.10. The Bertz CT molecular complexity index is 462. The largest absolute Gasteiger partial charge is 0.379 e. The predicted molar refractivity (Wildman–Crippen MR) is 82.4 cm³/mol. The van der Waals surface area contributed by atoms with Crippen LogP contribution in [0.5, 0.6) is 0 Å². The summed E-state index contributed by atoms with van der Waals surface area (Å²) in [4.78, 5) is 2.55. The number of hydrazine groups is 1. The number of morpholine rings is 1. The smallest absolute Gasteiger partial charge is 0.153 e. The molecule has 1 aliphatic carbocycles. The minimum atomic E-state index is 0.00692. The van der Waals surface area contributed by atoms with E-state index >= 15 is 0 Å². The molecule has 118 valence electrons. The van der Waals surface area contributed by atoms with Gasteiger partial charge < -0.3 is 4.74 Å². The fraction of sp³-hybridized carbons (Fsp3) is 0.846. The number of nitrogens with one attached hydrogen (secondary N) is 1. The molecular formula is C13H23BrN6O. The van der Waals surface area contributed by atoms with Crippen molar-refractivity contribution in [3.63, 3.8) is 0 Å². The number of hydrogen-bond acceptors (Lipinski definition) is 6. The number of nitrogens with zero attached hydrogens (tertiary/aromatic N) is 4. The Morgan fingerprint density at radius 1 is 1.33 bits per heavy atom. The maximum Gasteiger partial charge on any atom is 0.153 e. The Balaban J connectivity index is 1.98. The molecule has 1 aromatic rings. The molecule has 0 amide bonds. The molecule has 8 heteroatoms. The van der Waals surface area contributed by atoms with Gasteiger partial charge in [0, 0.05) is 25.7 Å². The Kier molecular flexibility index (Phi) is 4.60. The van der Waals surface area contributed by atoms with Gasteiger partial charge in [0.2, 0.25) is 0 Å². The van der Waals surface area contributed by atoms with Gasteiger partial charge >= 0.3 is 0 Å². The molecule has 2 fully saturated rings. The van der Waals surface area contributed by atoms with Crippen molar-refractivity contribution >= 4 is 15.9 Å². The van der Waals surface area contributed by atoms with Crippen LogP contribution in [0.15, 0.2) is 4.60 Å². The summed E-state index contributed by atoms with van der Waals surface area (Å²) in [5.74, 6) is 5.98. The summed E-state index contributed by atoms with van der Waals surface area (Å²) in [5.41, 5.74) is 4.10. The lowest BCUT2D eigenvalue weighted by Crippen LogP contribution is -2.59. The van der Waals surface area contributed by atoms with Crippen LogP contribution < -0.4 is 11.3 Å². The van der Waals surface area contributed by atoms with Gasteiger partial charge in [0.15, 0.2) is 4.60 Å². The maximum absolute atomic E-state index is 5.98. The lowest BCUT2D eigenvalue weighted by atomic mass is 9.84. The van der Waals surface area contributed by atoms with Crippen LogP contribution in [0, 0.1) is 0 Å². The van der Waals surface area contributed by atoms with Crippen molar-refractivity contribution in [3.8, 4) is 0 Å². The van der Waals surface area contributed by atoms with Gasteiger partial charge in [0.1, 0.15) is 0 Å². The molecule has 3 rings (SSSR count). The van der Waals surface area contributed by atoms with E-state index in [9.17, 15) is 0 Å². The highest BCUT2D eigenvalue weighted by Gasteiger charge is 2.48. The molecule has 1 unspecified atom stereocenters. The van der Waals surface area contributed by atoms with Crippen molar-refractivity contribution in [2.24, 2.45) is 12.9 Å². The molecule has 21 heavy (non-hydrogen) atoms. The van der Waals surface area contributed by atoms with Crippen molar-refractivity contribution < 1.29 is 4.74 Å². The number of hydrogen-bond donors (Lipinski definition) is 2. The van der Waals surface area contributed by atoms with Gasteiger partial charge in [-0.15, -0.1) is 5.10 Å². The van der Waals surface area contributed by atoms with Crippen molar-refractivity contribution in [2.75, 3.05) is 26.3 Å². The normalized spacial score (nSPS) is 24.3. The van der Waals surface area contributed by atoms with E-state index in [2.05, 4.69) is 36.6 Å². The molecule has 1 atom stereocenters. The molecular weight excluding hydrogens is 336 g/mol. The van der Waals surface area contributed by atoms with Gasteiger partial charge in [0.05, 0.1) is 24.9 Å². The van der Waals surface area contributed by atoms with Gasteiger partial charge in [-0.25, -0.2) is 10.1 Å². The SMILES string of the molecule is Cn1nnc(Br)c1C(NN)C1(N2CCOCC2)CCCC1. The number of rotatable bonds is 4. The first-order chi connectivity index (χ1) is 10.2. The van der Waals surface area contributed by atoms with Crippen LogP contribution in [-0.2, 0) is 11.8 Å². The molecule has 0 spiro atoms. The van der Waals surface area contributed by atoms with Gasteiger partial charge in [-0.1, -0.05) is 18.1 Å². The summed E-state index contributed by atoms with van der Waals surface area (Å²) >= 11 is 3.52. The van der Waals surface area contributed by atoms with Gasteiger partial charge in [0.25, 0.3) is 0 Å². The van der Waals surface area contributed by atoms with Crippen LogP contribution in [0.25, 0.3) is 0 Å². The molecule has 0 radical (unpaired) electrons. The van der Waals surface area contributed by atoms with Crippen LogP contribution in [0.1, 0.15) is 37.4 Å². The van der Waals surface area contributed by atoms with E-state index in [0.29, 0.717) is 0 Å². The number of halogens is 1. The number of aromatic nitrogens is 3. The monoisotopic (exact) mass is 358 g/mol. The van der Waals surface area contributed by atoms with E-state index in [1.165, 1.54) is 12.8 Å². The van der Waals surface area contributed by atoms with E-state index in [0.717, 1.165) is 49.4 Å². The maximum atomic E-state index is 5.98. The average molecular weight is 359 g/mol. The Hall–Kier alpha value is -0.540. The van der Waals surface area contributed by atoms with Crippen molar-refractivity contribution in [2.45, 2.75) is 37.3 Å². The van der Waals surface area contributed by atoms with Crippen LogP contribution in [0.4, 0.5) is 0 Å². The number of ether oxygens (including phenoxy) is 1. The Labute approximate surface area is 133 Å². The summed E-state index contributed by atoms with van der Waals surface area (Å²) in [6.07, 6.45) is 4.75. The zero-order valence-electron chi connectivity index (χ0n) is 12.4. The second-order valence-electron chi connectivity index (χ2n) is 5.90. The molecule has 1 saturated carbocycles. The van der Waals surface area contributed by atoms with Gasteiger partial charge in [-0.3, -0.25) is 10.7 Å². The lowest BCUT2D eigenvalue weighted by Gasteiger charge is -2.47. The first-order valence-electron chi connectivity index (χ1n) is 7.53. The van der Waals surface area contributed by atoms with Crippen LogP contribution in [0.3, 0.4) is 0 Å². The van der Waals surface area contributed by atoms with Crippen molar-refractivity contribution in [3.05, 3.63) is 10.3 Å². The fourth-order valence-electron chi connectivity index (χ4n) is 3.92.